The van der Waals surface area contributed by atoms with E-state index >= 15 is 0 Å². The fourth-order valence-corrected chi connectivity index (χ4v) is 4.90. The van der Waals surface area contributed by atoms with Crippen LogP contribution in [0.15, 0.2) is 36.0 Å². The lowest BCUT2D eigenvalue weighted by atomic mass is 9.90. The van der Waals surface area contributed by atoms with Gasteiger partial charge in [-0.25, -0.2) is 4.39 Å². The second-order valence-corrected chi connectivity index (χ2v) is 10.3. The highest BCUT2D eigenvalue weighted by Gasteiger charge is 2.35. The minimum atomic E-state index is -4.92. The Morgan fingerprint density at radius 3 is 2.72 bits per heavy atom. The standard InChI is InChI=1S/C28H26F4N8O3/c29-23-5-4-22(43-28(30,31)32)11-19(23)13-34-27(42)25-16-40(38-37-25)8-2-1-3-21-10-18-9-17(12-24(18)36-35-21)20-14-39(15-20)26(41)6-7-33/h4-5,9-11,16,20H,1-3,6,8,12-15H2,(H,34,42). The number of hydrogen-bond acceptors (Lipinski definition) is 8. The van der Waals surface area contributed by atoms with Crippen LogP contribution in [0, 0.1) is 23.1 Å². The molecule has 5 rings (SSSR count). The van der Waals surface area contributed by atoms with Crippen molar-refractivity contribution < 1.29 is 31.9 Å². The first kappa shape index (κ1) is 29.6. The number of halogens is 4. The van der Waals surface area contributed by atoms with E-state index in [0.29, 0.717) is 32.5 Å². The molecule has 43 heavy (non-hydrogen) atoms. The van der Waals surface area contributed by atoms with Gasteiger partial charge in [0.2, 0.25) is 5.91 Å². The van der Waals surface area contributed by atoms with Crippen LogP contribution in [0.3, 0.4) is 0 Å². The number of unbranched alkanes of at least 4 members (excludes halogenated alkanes) is 1. The van der Waals surface area contributed by atoms with Crippen LogP contribution in [-0.4, -0.2) is 61.4 Å². The maximum atomic E-state index is 14.0. The molecule has 0 bridgehead atoms. The van der Waals surface area contributed by atoms with Gasteiger partial charge in [0.05, 0.1) is 23.7 Å². The van der Waals surface area contributed by atoms with Crippen LogP contribution >= 0.6 is 0 Å². The van der Waals surface area contributed by atoms with Gasteiger partial charge < -0.3 is 15.0 Å². The number of nitrogens with zero attached hydrogens (tertiary/aromatic N) is 7. The van der Waals surface area contributed by atoms with Gasteiger partial charge in [0.1, 0.15) is 18.0 Å². The molecule has 0 spiro atoms. The van der Waals surface area contributed by atoms with Crippen LogP contribution in [0.4, 0.5) is 17.6 Å². The van der Waals surface area contributed by atoms with Gasteiger partial charge in [-0.1, -0.05) is 16.9 Å². The van der Waals surface area contributed by atoms with Crippen LogP contribution in [-0.2, 0) is 30.7 Å². The van der Waals surface area contributed by atoms with Crippen molar-refractivity contribution in [2.24, 2.45) is 5.92 Å². The van der Waals surface area contributed by atoms with E-state index in [1.165, 1.54) is 16.5 Å². The molecule has 15 heteroatoms. The van der Waals surface area contributed by atoms with Gasteiger partial charge in [-0.3, -0.25) is 14.3 Å². The normalized spacial score (nSPS) is 14.5. The number of amides is 2. The number of nitrogens with one attached hydrogen (secondary N) is 1. The fourth-order valence-electron chi connectivity index (χ4n) is 4.90. The zero-order chi connectivity index (χ0) is 30.6. The zero-order valence-electron chi connectivity index (χ0n) is 22.8. The number of carbonyl (C=O) groups excluding carboxylic acids is 2. The molecule has 11 nitrogen and oxygen atoms in total. The summed E-state index contributed by atoms with van der Waals surface area (Å²) in [7, 11) is 0. The summed E-state index contributed by atoms with van der Waals surface area (Å²) >= 11 is 0. The van der Waals surface area contributed by atoms with Crippen molar-refractivity contribution in [2.45, 2.75) is 51.6 Å². The number of nitriles is 1. The molecule has 224 valence electrons. The zero-order valence-corrected chi connectivity index (χ0v) is 22.8. The van der Waals surface area contributed by atoms with Crippen molar-refractivity contribution in [2.75, 3.05) is 13.1 Å². The number of benzene rings is 1. The van der Waals surface area contributed by atoms with E-state index in [1.807, 2.05) is 12.1 Å². The van der Waals surface area contributed by atoms with E-state index in [-0.39, 0.29) is 36.0 Å². The van der Waals surface area contributed by atoms with E-state index < -0.39 is 23.8 Å². The van der Waals surface area contributed by atoms with E-state index in [0.717, 1.165) is 48.0 Å². The third-order valence-corrected chi connectivity index (χ3v) is 7.19. The Bertz CT molecular complexity index is 1590. The molecule has 0 atom stereocenters. The Morgan fingerprint density at radius 1 is 1.14 bits per heavy atom. The molecule has 1 aliphatic carbocycles. The van der Waals surface area contributed by atoms with Crippen LogP contribution < -0.4 is 10.1 Å². The Morgan fingerprint density at radius 2 is 1.95 bits per heavy atom. The Balaban J connectivity index is 1.05. The highest BCUT2D eigenvalue weighted by atomic mass is 19.4. The number of alkyl halides is 3. The van der Waals surface area contributed by atoms with Gasteiger partial charge in [-0.2, -0.15) is 15.5 Å². The van der Waals surface area contributed by atoms with Crippen LogP contribution in [0.25, 0.3) is 6.08 Å². The Kier molecular flexibility index (Phi) is 8.65. The fraction of sp³-hybridized carbons (Fsp3) is 0.393. The third-order valence-electron chi connectivity index (χ3n) is 7.19. The van der Waals surface area contributed by atoms with Crippen molar-refractivity contribution in [3.05, 3.63) is 70.1 Å². The molecule has 3 aromatic rings. The average Bonchev–Trinajstić information content (AvgIpc) is 3.57. The molecular weight excluding hydrogens is 572 g/mol. The molecule has 2 aromatic heterocycles. The monoisotopic (exact) mass is 598 g/mol. The largest absolute Gasteiger partial charge is 0.573 e. The summed E-state index contributed by atoms with van der Waals surface area (Å²) in [5.41, 5.74) is 3.84. The van der Waals surface area contributed by atoms with E-state index in [1.54, 1.807) is 4.90 Å². The summed E-state index contributed by atoms with van der Waals surface area (Å²) < 4.78 is 56.6. The summed E-state index contributed by atoms with van der Waals surface area (Å²) in [6.07, 6.45) is 1.44. The molecule has 1 N–H and O–H groups in total. The number of fused-ring (bicyclic) bond motifs is 1. The first-order valence-corrected chi connectivity index (χ1v) is 13.5. The van der Waals surface area contributed by atoms with Crippen molar-refractivity contribution in [3.8, 4) is 11.8 Å². The van der Waals surface area contributed by atoms with Gasteiger partial charge in [0.25, 0.3) is 5.91 Å². The van der Waals surface area contributed by atoms with Crippen molar-refractivity contribution in [1.82, 2.24) is 35.4 Å². The number of ether oxygens (including phenoxy) is 1. The van der Waals surface area contributed by atoms with E-state index in [9.17, 15) is 27.2 Å². The minimum absolute atomic E-state index is 0.0146. The van der Waals surface area contributed by atoms with Crippen LogP contribution in [0.5, 0.6) is 5.75 Å². The molecule has 2 amide bonds. The van der Waals surface area contributed by atoms with Crippen molar-refractivity contribution in [1.29, 1.82) is 5.26 Å². The minimum Gasteiger partial charge on any atom is -0.406 e. The van der Waals surface area contributed by atoms with Gasteiger partial charge in [-0.15, -0.1) is 18.3 Å². The lowest BCUT2D eigenvalue weighted by molar-refractivity contribution is -0.274. The first-order valence-electron chi connectivity index (χ1n) is 13.5. The number of hydrogen-bond donors (Lipinski definition) is 1. The SMILES string of the molecule is N#CCC(=O)N1CC(C2=Cc3cc(CCCCn4cc(C(=O)NCc5cc(OC(F)(F)F)ccc5F)nn4)nnc3C2)C1. The molecule has 1 saturated heterocycles. The highest BCUT2D eigenvalue weighted by molar-refractivity contribution is 5.91. The first-order chi connectivity index (χ1) is 20.6. The smallest absolute Gasteiger partial charge is 0.406 e. The van der Waals surface area contributed by atoms with Gasteiger partial charge in [0.15, 0.2) is 5.69 Å². The maximum Gasteiger partial charge on any atom is 0.573 e. The van der Waals surface area contributed by atoms with E-state index in [2.05, 4.69) is 36.6 Å². The topological polar surface area (TPSA) is 139 Å². The summed E-state index contributed by atoms with van der Waals surface area (Å²) in [6, 6.07) is 6.45. The average molecular weight is 599 g/mol. The molecule has 0 unspecified atom stereocenters. The molecule has 0 saturated carbocycles. The number of aryl methyl sites for hydroxylation is 2. The number of likely N-dealkylation sites (tertiary alicyclic amines) is 1. The molecular formula is C28H26F4N8O3. The summed E-state index contributed by atoms with van der Waals surface area (Å²) in [5.74, 6) is -1.90. The van der Waals surface area contributed by atoms with E-state index in [4.69, 9.17) is 5.26 Å². The quantitative estimate of drug-likeness (QED) is 0.262. The third kappa shape index (κ3) is 7.51. The summed E-state index contributed by atoms with van der Waals surface area (Å²) in [4.78, 5) is 25.9. The molecule has 1 aliphatic heterocycles. The molecule has 0 radical (unpaired) electrons. The number of rotatable bonds is 11. The number of aromatic nitrogens is 5. The molecule has 2 aliphatic rings. The predicted octanol–water partition coefficient (Wildman–Crippen LogP) is 3.37. The maximum absolute atomic E-state index is 14.0. The molecule has 3 heterocycles. The number of carbonyl (C=O) groups is 2. The highest BCUT2D eigenvalue weighted by Crippen LogP contribution is 2.33. The molecule has 1 fully saturated rings. The van der Waals surface area contributed by atoms with Gasteiger partial charge in [0, 0.05) is 44.1 Å². The van der Waals surface area contributed by atoms with Crippen molar-refractivity contribution >= 4 is 17.9 Å². The van der Waals surface area contributed by atoms with Crippen molar-refractivity contribution in [3.63, 3.8) is 0 Å². The van der Waals surface area contributed by atoms with Crippen LogP contribution in [0.1, 0.15) is 52.3 Å². The summed E-state index contributed by atoms with van der Waals surface area (Å²) in [5, 5.41) is 27.6. The van der Waals surface area contributed by atoms with Gasteiger partial charge >= 0.3 is 6.36 Å². The lowest BCUT2D eigenvalue weighted by Crippen LogP contribution is -2.50. The second kappa shape index (κ2) is 12.6. The van der Waals surface area contributed by atoms with Gasteiger partial charge in [-0.05, 0) is 49.1 Å². The molecule has 1 aromatic carbocycles. The summed E-state index contributed by atoms with van der Waals surface area (Å²) in [6.45, 7) is 1.36. The lowest BCUT2D eigenvalue weighted by Gasteiger charge is -2.39. The van der Waals surface area contributed by atoms with Crippen LogP contribution in [0.2, 0.25) is 0 Å². The Labute approximate surface area is 243 Å². The Hall–Kier alpha value is -4.87. The predicted molar refractivity (Wildman–Crippen MR) is 141 cm³/mol. The second-order valence-electron chi connectivity index (χ2n) is 10.3.